The Morgan fingerprint density at radius 1 is 1.12 bits per heavy atom. The second-order valence-electron chi connectivity index (χ2n) is 7.05. The molecule has 0 radical (unpaired) electrons. The smallest absolute Gasteiger partial charge is 0.247 e. The van der Waals surface area contributed by atoms with Crippen LogP contribution in [0.1, 0.15) is 0 Å². The molecule has 164 valence electrons. The molecule has 3 aromatic rings. The van der Waals surface area contributed by atoms with Crippen LogP contribution in [0, 0.1) is 11.6 Å². The zero-order chi connectivity index (χ0) is 22.5. The number of anilines is 4. The zero-order valence-corrected chi connectivity index (χ0v) is 17.1. The van der Waals surface area contributed by atoms with Gasteiger partial charge in [0.25, 0.3) is 0 Å². The number of rotatable bonds is 6. The third-order valence-corrected chi connectivity index (χ3v) is 4.91. The Bertz CT molecular complexity index is 1150. The van der Waals surface area contributed by atoms with Crippen LogP contribution in [0.25, 0.3) is 11.3 Å². The van der Waals surface area contributed by atoms with E-state index >= 15 is 0 Å². The van der Waals surface area contributed by atoms with Gasteiger partial charge < -0.3 is 20.3 Å². The van der Waals surface area contributed by atoms with E-state index in [1.54, 1.807) is 0 Å². The van der Waals surface area contributed by atoms with E-state index < -0.39 is 17.5 Å². The highest BCUT2D eigenvalue weighted by Gasteiger charge is 2.15. The lowest BCUT2D eigenvalue weighted by molar-refractivity contribution is -0.111. The maximum absolute atomic E-state index is 14.5. The topological polar surface area (TPSA) is 79.4 Å². The number of benzene rings is 2. The first-order chi connectivity index (χ1) is 15.5. The zero-order valence-electron chi connectivity index (χ0n) is 17.1. The number of nitrogens with zero attached hydrogens (tertiary/aromatic N) is 3. The van der Waals surface area contributed by atoms with Gasteiger partial charge in [0.1, 0.15) is 11.5 Å². The Morgan fingerprint density at radius 2 is 1.94 bits per heavy atom. The summed E-state index contributed by atoms with van der Waals surface area (Å²) in [7, 11) is 0. The van der Waals surface area contributed by atoms with Crippen molar-refractivity contribution >= 4 is 28.9 Å². The molecule has 2 heterocycles. The molecule has 32 heavy (non-hydrogen) atoms. The third-order valence-electron chi connectivity index (χ3n) is 4.91. The van der Waals surface area contributed by atoms with Crippen LogP contribution in [-0.4, -0.2) is 42.2 Å². The molecule has 0 bridgehead atoms. The first kappa shape index (κ1) is 21.4. The highest BCUT2D eigenvalue weighted by molar-refractivity contribution is 5.99. The van der Waals surface area contributed by atoms with Gasteiger partial charge in [-0.1, -0.05) is 12.6 Å². The standard InChI is InChI=1S/C23H21F2N5O2/c1-2-21(31)28-20-12-15(6-7-18(20)24)22-19(25)14-26-23(29-22)27-16-4-3-5-17(13-16)30-8-10-32-11-9-30/h2-7,12-14H,1,8-11H2,(H,28,31)(H,26,27,29). The van der Waals surface area contributed by atoms with Crippen LogP contribution in [0.3, 0.4) is 0 Å². The monoisotopic (exact) mass is 437 g/mol. The van der Waals surface area contributed by atoms with Gasteiger partial charge in [0, 0.05) is 30.0 Å². The fraction of sp³-hybridized carbons (Fsp3) is 0.174. The van der Waals surface area contributed by atoms with Gasteiger partial charge in [-0.3, -0.25) is 4.79 Å². The number of hydrogen-bond donors (Lipinski definition) is 2. The summed E-state index contributed by atoms with van der Waals surface area (Å²) in [4.78, 5) is 22.0. The van der Waals surface area contributed by atoms with Crippen LogP contribution in [0.15, 0.2) is 61.3 Å². The Balaban J connectivity index is 1.59. The van der Waals surface area contributed by atoms with E-state index in [0.717, 1.165) is 42.8 Å². The van der Waals surface area contributed by atoms with Crippen molar-refractivity contribution in [3.05, 3.63) is 73.0 Å². The number of morpholine rings is 1. The van der Waals surface area contributed by atoms with Gasteiger partial charge >= 0.3 is 0 Å². The number of carbonyl (C=O) groups excluding carboxylic acids is 1. The molecule has 0 atom stereocenters. The molecular weight excluding hydrogens is 416 g/mol. The molecule has 0 spiro atoms. The van der Waals surface area contributed by atoms with Crippen molar-refractivity contribution in [1.82, 2.24) is 9.97 Å². The summed E-state index contributed by atoms with van der Waals surface area (Å²) in [6.07, 6.45) is 2.06. The van der Waals surface area contributed by atoms with Crippen LogP contribution in [0.4, 0.5) is 31.8 Å². The number of ether oxygens (including phenoxy) is 1. The highest BCUT2D eigenvalue weighted by atomic mass is 19.1. The molecule has 0 saturated carbocycles. The van der Waals surface area contributed by atoms with Crippen molar-refractivity contribution in [1.29, 1.82) is 0 Å². The van der Waals surface area contributed by atoms with Crippen LogP contribution in [0.5, 0.6) is 0 Å². The van der Waals surface area contributed by atoms with E-state index in [2.05, 4.69) is 32.1 Å². The SMILES string of the molecule is C=CC(=O)Nc1cc(-c2nc(Nc3cccc(N4CCOCC4)c3)ncc2F)ccc1F. The lowest BCUT2D eigenvalue weighted by Gasteiger charge is -2.29. The van der Waals surface area contributed by atoms with Gasteiger partial charge in [-0.2, -0.15) is 0 Å². The minimum Gasteiger partial charge on any atom is -0.378 e. The van der Waals surface area contributed by atoms with Crippen LogP contribution in [-0.2, 0) is 9.53 Å². The number of aromatic nitrogens is 2. The Hall–Kier alpha value is -3.85. The second-order valence-corrected chi connectivity index (χ2v) is 7.05. The molecule has 1 aliphatic rings. The Morgan fingerprint density at radius 3 is 2.72 bits per heavy atom. The van der Waals surface area contributed by atoms with E-state index in [-0.39, 0.29) is 22.9 Å². The van der Waals surface area contributed by atoms with Crippen LogP contribution in [0.2, 0.25) is 0 Å². The maximum atomic E-state index is 14.5. The molecule has 0 aliphatic carbocycles. The summed E-state index contributed by atoms with van der Waals surface area (Å²) in [6, 6.07) is 11.6. The largest absolute Gasteiger partial charge is 0.378 e. The highest BCUT2D eigenvalue weighted by Crippen LogP contribution is 2.28. The van der Waals surface area contributed by atoms with Gasteiger partial charge in [0.05, 0.1) is 25.1 Å². The molecule has 1 aliphatic heterocycles. The predicted octanol–water partition coefficient (Wildman–Crippen LogP) is 4.13. The third kappa shape index (κ3) is 4.89. The van der Waals surface area contributed by atoms with Crippen molar-refractivity contribution in [2.45, 2.75) is 0 Å². The quantitative estimate of drug-likeness (QED) is 0.565. The molecular formula is C23H21F2N5O2. The maximum Gasteiger partial charge on any atom is 0.247 e. The van der Waals surface area contributed by atoms with Crippen molar-refractivity contribution < 1.29 is 18.3 Å². The van der Waals surface area contributed by atoms with Gasteiger partial charge in [0.2, 0.25) is 11.9 Å². The molecule has 0 unspecified atom stereocenters. The molecule has 1 amide bonds. The average Bonchev–Trinajstić information content (AvgIpc) is 2.82. The molecule has 9 heteroatoms. The normalized spacial score (nSPS) is 13.5. The lowest BCUT2D eigenvalue weighted by atomic mass is 10.1. The van der Waals surface area contributed by atoms with Crippen LogP contribution >= 0.6 is 0 Å². The summed E-state index contributed by atoms with van der Waals surface area (Å²) >= 11 is 0. The van der Waals surface area contributed by atoms with Gasteiger partial charge in [-0.05, 0) is 42.5 Å². The number of carbonyl (C=O) groups is 1. The average molecular weight is 437 g/mol. The molecule has 4 rings (SSSR count). The van der Waals surface area contributed by atoms with Gasteiger partial charge in [-0.25, -0.2) is 18.7 Å². The summed E-state index contributed by atoms with van der Waals surface area (Å²) in [5.41, 5.74) is 1.93. The van der Waals surface area contributed by atoms with Crippen molar-refractivity contribution in [3.63, 3.8) is 0 Å². The Labute approximate surface area is 183 Å². The van der Waals surface area contributed by atoms with Crippen molar-refractivity contribution in [2.24, 2.45) is 0 Å². The fourth-order valence-corrected chi connectivity index (χ4v) is 3.31. The summed E-state index contributed by atoms with van der Waals surface area (Å²) in [5.74, 6) is -1.73. The van der Waals surface area contributed by atoms with Gasteiger partial charge in [0.15, 0.2) is 5.82 Å². The summed E-state index contributed by atoms with van der Waals surface area (Å²) in [5, 5.41) is 5.44. The van der Waals surface area contributed by atoms with E-state index in [4.69, 9.17) is 4.74 Å². The van der Waals surface area contributed by atoms with E-state index in [9.17, 15) is 13.6 Å². The molecule has 2 N–H and O–H groups in total. The second kappa shape index (κ2) is 9.52. The minimum absolute atomic E-state index is 0.0269. The number of nitrogens with one attached hydrogen (secondary N) is 2. The Kier molecular flexibility index (Phi) is 6.37. The van der Waals surface area contributed by atoms with Crippen molar-refractivity contribution in [2.75, 3.05) is 41.8 Å². The fourth-order valence-electron chi connectivity index (χ4n) is 3.31. The predicted molar refractivity (Wildman–Crippen MR) is 119 cm³/mol. The first-order valence-electron chi connectivity index (χ1n) is 9.99. The van der Waals surface area contributed by atoms with Gasteiger partial charge in [-0.15, -0.1) is 0 Å². The molecule has 1 fully saturated rings. The first-order valence-corrected chi connectivity index (χ1v) is 9.99. The van der Waals surface area contributed by atoms with E-state index in [0.29, 0.717) is 13.2 Å². The van der Waals surface area contributed by atoms with Crippen LogP contribution < -0.4 is 15.5 Å². The van der Waals surface area contributed by atoms with E-state index in [1.807, 2.05) is 24.3 Å². The molecule has 7 nitrogen and oxygen atoms in total. The minimum atomic E-state index is -0.676. The molecule has 1 saturated heterocycles. The van der Waals surface area contributed by atoms with Crippen molar-refractivity contribution in [3.8, 4) is 11.3 Å². The number of hydrogen-bond acceptors (Lipinski definition) is 6. The lowest BCUT2D eigenvalue weighted by Crippen LogP contribution is -2.36. The number of halogens is 2. The molecule has 2 aromatic carbocycles. The summed E-state index contributed by atoms with van der Waals surface area (Å²) in [6.45, 7) is 6.29. The molecule has 1 aromatic heterocycles. The summed E-state index contributed by atoms with van der Waals surface area (Å²) < 4.78 is 33.9. The number of amides is 1. The van der Waals surface area contributed by atoms with E-state index in [1.165, 1.54) is 12.1 Å².